The van der Waals surface area contributed by atoms with Gasteiger partial charge in [-0.05, 0) is 18.4 Å². The Kier molecular flexibility index (Phi) is 3.66. The summed E-state index contributed by atoms with van der Waals surface area (Å²) >= 11 is 0. The zero-order valence-electron chi connectivity index (χ0n) is 8.96. The van der Waals surface area contributed by atoms with Crippen LogP contribution >= 0.6 is 0 Å². The summed E-state index contributed by atoms with van der Waals surface area (Å²) in [6.07, 6.45) is 2.88. The molecule has 0 aliphatic heterocycles. The number of aromatic carboxylic acids is 1. The Morgan fingerprint density at radius 2 is 2.13 bits per heavy atom. The lowest BCUT2D eigenvalue weighted by atomic mass is 10.1. The monoisotopic (exact) mass is 209 g/mol. The molecule has 0 aromatic carbocycles. The van der Waals surface area contributed by atoms with Crippen molar-refractivity contribution in [1.29, 1.82) is 0 Å². The second-order valence-electron chi connectivity index (χ2n) is 3.40. The van der Waals surface area contributed by atoms with E-state index in [4.69, 9.17) is 5.11 Å². The molecule has 1 rings (SSSR count). The largest absolute Gasteiger partial charge is 0.477 e. The number of aryl methyl sites for hydroxylation is 1. The normalized spacial score (nSPS) is 10.3. The molecule has 1 aromatic heterocycles. The third kappa shape index (κ3) is 2.09. The maximum absolute atomic E-state index is 10.9. The van der Waals surface area contributed by atoms with Gasteiger partial charge in [0.15, 0.2) is 6.29 Å². The van der Waals surface area contributed by atoms with Crippen molar-refractivity contribution >= 4 is 12.3 Å². The number of carbonyl (C=O) groups excluding carboxylic acids is 1. The highest BCUT2D eigenvalue weighted by atomic mass is 16.4. The smallest absolute Gasteiger partial charge is 0.352 e. The molecule has 0 unspecified atom stereocenters. The summed E-state index contributed by atoms with van der Waals surface area (Å²) in [6, 6.07) is 0. The molecule has 0 atom stereocenters. The van der Waals surface area contributed by atoms with Crippen molar-refractivity contribution in [1.82, 2.24) is 4.98 Å². The molecule has 4 heteroatoms. The molecule has 0 aliphatic carbocycles. The maximum Gasteiger partial charge on any atom is 0.352 e. The van der Waals surface area contributed by atoms with Gasteiger partial charge in [-0.25, -0.2) is 4.79 Å². The third-order valence-electron chi connectivity index (χ3n) is 2.41. The average Bonchev–Trinajstić information content (AvgIpc) is 2.56. The van der Waals surface area contributed by atoms with Crippen molar-refractivity contribution in [3.8, 4) is 0 Å². The van der Waals surface area contributed by atoms with Crippen LogP contribution in [0, 0.1) is 0 Å². The number of rotatable bonds is 5. The van der Waals surface area contributed by atoms with Gasteiger partial charge in [-0.1, -0.05) is 20.3 Å². The van der Waals surface area contributed by atoms with Gasteiger partial charge in [0.1, 0.15) is 5.69 Å². The molecular formula is C11H15NO3. The molecule has 0 amide bonds. The third-order valence-corrected chi connectivity index (χ3v) is 2.41. The Labute approximate surface area is 88.3 Å². The number of H-pyrrole nitrogens is 1. The van der Waals surface area contributed by atoms with Gasteiger partial charge in [-0.3, -0.25) is 4.79 Å². The van der Waals surface area contributed by atoms with Crippen LogP contribution in [0.4, 0.5) is 0 Å². The van der Waals surface area contributed by atoms with Crippen molar-refractivity contribution < 1.29 is 14.7 Å². The molecule has 0 bridgehead atoms. The number of aromatic amines is 1. The van der Waals surface area contributed by atoms with Crippen molar-refractivity contribution in [3.63, 3.8) is 0 Å². The van der Waals surface area contributed by atoms with Gasteiger partial charge in [0.05, 0.1) is 0 Å². The highest BCUT2D eigenvalue weighted by molar-refractivity contribution is 5.92. The lowest BCUT2D eigenvalue weighted by Crippen LogP contribution is -2.01. The summed E-state index contributed by atoms with van der Waals surface area (Å²) in [7, 11) is 0. The van der Waals surface area contributed by atoms with Gasteiger partial charge in [0.2, 0.25) is 0 Å². The van der Waals surface area contributed by atoms with Gasteiger partial charge < -0.3 is 10.1 Å². The zero-order valence-corrected chi connectivity index (χ0v) is 8.96. The summed E-state index contributed by atoms with van der Waals surface area (Å²) in [5, 5.41) is 8.95. The van der Waals surface area contributed by atoms with Crippen molar-refractivity contribution in [3.05, 3.63) is 22.5 Å². The fourth-order valence-corrected chi connectivity index (χ4v) is 1.75. The standard InChI is InChI=1S/C11H15NO3/c1-3-5-9-8(6-13)7(4-2)10(12-9)11(14)15/h6,12H,3-5H2,1-2H3,(H,14,15). The molecule has 0 saturated carbocycles. The van der Waals surface area contributed by atoms with Crippen LogP contribution < -0.4 is 0 Å². The van der Waals surface area contributed by atoms with Gasteiger partial charge in [0, 0.05) is 11.3 Å². The van der Waals surface area contributed by atoms with Crippen molar-refractivity contribution in [2.45, 2.75) is 33.1 Å². The van der Waals surface area contributed by atoms with E-state index in [1.807, 2.05) is 13.8 Å². The number of hydrogen-bond acceptors (Lipinski definition) is 2. The lowest BCUT2D eigenvalue weighted by molar-refractivity contribution is 0.0690. The molecule has 1 aromatic rings. The molecule has 0 saturated heterocycles. The number of hydrogen-bond donors (Lipinski definition) is 2. The molecular weight excluding hydrogens is 194 g/mol. The van der Waals surface area contributed by atoms with E-state index in [9.17, 15) is 9.59 Å². The first-order valence-corrected chi connectivity index (χ1v) is 5.07. The van der Waals surface area contributed by atoms with Crippen LogP contribution in [-0.2, 0) is 12.8 Å². The fourth-order valence-electron chi connectivity index (χ4n) is 1.75. The summed E-state index contributed by atoms with van der Waals surface area (Å²) in [5.41, 5.74) is 2.03. The Bertz CT molecular complexity index is 379. The first-order chi connectivity index (χ1) is 7.15. The molecule has 15 heavy (non-hydrogen) atoms. The summed E-state index contributed by atoms with van der Waals surface area (Å²) in [4.78, 5) is 24.6. The van der Waals surface area contributed by atoms with Crippen LogP contribution in [0.3, 0.4) is 0 Å². The number of nitrogens with one attached hydrogen (secondary N) is 1. The summed E-state index contributed by atoms with van der Waals surface area (Å²) < 4.78 is 0. The second-order valence-corrected chi connectivity index (χ2v) is 3.40. The minimum absolute atomic E-state index is 0.156. The summed E-state index contributed by atoms with van der Waals surface area (Å²) in [5.74, 6) is -1.00. The topological polar surface area (TPSA) is 70.2 Å². The number of carbonyl (C=O) groups is 2. The lowest BCUT2D eigenvalue weighted by Gasteiger charge is -1.96. The van der Waals surface area contributed by atoms with Crippen LogP contribution in [0.15, 0.2) is 0 Å². The van der Waals surface area contributed by atoms with E-state index in [-0.39, 0.29) is 5.69 Å². The molecule has 4 nitrogen and oxygen atoms in total. The van der Waals surface area contributed by atoms with E-state index >= 15 is 0 Å². The number of carboxylic acids is 1. The Morgan fingerprint density at radius 1 is 1.47 bits per heavy atom. The van der Waals surface area contributed by atoms with Crippen LogP contribution in [0.1, 0.15) is 52.4 Å². The quantitative estimate of drug-likeness (QED) is 0.729. The zero-order chi connectivity index (χ0) is 11.4. The second kappa shape index (κ2) is 4.77. The van der Waals surface area contributed by atoms with Crippen LogP contribution in [0.25, 0.3) is 0 Å². The fraction of sp³-hybridized carbons (Fsp3) is 0.455. The molecule has 82 valence electrons. The first-order valence-electron chi connectivity index (χ1n) is 5.07. The van der Waals surface area contributed by atoms with E-state index in [1.54, 1.807) is 0 Å². The van der Waals surface area contributed by atoms with E-state index in [2.05, 4.69) is 4.98 Å². The van der Waals surface area contributed by atoms with E-state index in [0.29, 0.717) is 24.0 Å². The Morgan fingerprint density at radius 3 is 2.53 bits per heavy atom. The van der Waals surface area contributed by atoms with Crippen molar-refractivity contribution in [2.75, 3.05) is 0 Å². The molecule has 1 heterocycles. The highest BCUT2D eigenvalue weighted by Gasteiger charge is 2.19. The van der Waals surface area contributed by atoms with E-state index < -0.39 is 5.97 Å². The highest BCUT2D eigenvalue weighted by Crippen LogP contribution is 2.19. The number of carboxylic acid groups (broad SMARTS) is 1. The van der Waals surface area contributed by atoms with Gasteiger partial charge in [-0.2, -0.15) is 0 Å². The predicted molar refractivity (Wildman–Crippen MR) is 56.5 cm³/mol. The van der Waals surface area contributed by atoms with Crippen LogP contribution in [0.5, 0.6) is 0 Å². The van der Waals surface area contributed by atoms with Crippen molar-refractivity contribution in [2.24, 2.45) is 0 Å². The van der Waals surface area contributed by atoms with Crippen LogP contribution in [0.2, 0.25) is 0 Å². The van der Waals surface area contributed by atoms with Gasteiger partial charge in [0.25, 0.3) is 0 Å². The SMILES string of the molecule is CCCc1[nH]c(C(=O)O)c(CC)c1C=O. The molecule has 0 fully saturated rings. The van der Waals surface area contributed by atoms with Gasteiger partial charge in [-0.15, -0.1) is 0 Å². The van der Waals surface area contributed by atoms with Crippen LogP contribution in [-0.4, -0.2) is 22.3 Å². The van der Waals surface area contributed by atoms with E-state index in [1.165, 1.54) is 0 Å². The number of aldehydes is 1. The minimum atomic E-state index is -1.00. The molecule has 0 radical (unpaired) electrons. The molecule has 0 aliphatic rings. The Balaban J connectivity index is 3.30. The molecule has 0 spiro atoms. The van der Waals surface area contributed by atoms with E-state index in [0.717, 1.165) is 18.4 Å². The predicted octanol–water partition coefficient (Wildman–Crippen LogP) is 2.04. The average molecular weight is 209 g/mol. The minimum Gasteiger partial charge on any atom is -0.477 e. The molecule has 2 N–H and O–H groups in total. The van der Waals surface area contributed by atoms with Gasteiger partial charge >= 0.3 is 5.97 Å². The summed E-state index contributed by atoms with van der Waals surface area (Å²) in [6.45, 7) is 3.83. The Hall–Kier alpha value is -1.58. The first kappa shape index (κ1) is 11.5. The number of aromatic nitrogens is 1. The maximum atomic E-state index is 10.9.